The third-order valence-electron chi connectivity index (χ3n) is 1.47. The quantitative estimate of drug-likeness (QED) is 0.546. The monoisotopic (exact) mass is 151 g/mol. The molecule has 0 saturated heterocycles. The van der Waals surface area contributed by atoms with Crippen LogP contribution in [0.3, 0.4) is 0 Å². The van der Waals surface area contributed by atoms with E-state index >= 15 is 0 Å². The summed E-state index contributed by atoms with van der Waals surface area (Å²) in [4.78, 5) is 2.12. The van der Waals surface area contributed by atoms with Crippen molar-refractivity contribution in [1.82, 2.24) is 4.90 Å². The zero-order valence-corrected chi connectivity index (χ0v) is 7.51. The fourth-order valence-electron chi connectivity index (χ4n) is 0.785. The van der Waals surface area contributed by atoms with Crippen LogP contribution < -0.4 is 0 Å². The molecule has 0 fully saturated rings. The summed E-state index contributed by atoms with van der Waals surface area (Å²) >= 11 is 0. The molecule has 0 atom stereocenters. The third kappa shape index (κ3) is 4.43. The highest BCUT2D eigenvalue weighted by Crippen LogP contribution is 2.00. The zero-order chi connectivity index (χ0) is 8.69. The Kier molecular flexibility index (Phi) is 5.26. The molecule has 0 aromatic rings. The minimum Gasteiger partial charge on any atom is -0.375 e. The smallest absolute Gasteiger partial charge is 0.0290 e. The fourth-order valence-corrected chi connectivity index (χ4v) is 0.785. The molecular weight excluding hydrogens is 134 g/mol. The molecule has 0 bridgehead atoms. The van der Waals surface area contributed by atoms with Gasteiger partial charge in [0.1, 0.15) is 0 Å². The molecule has 0 aliphatic rings. The van der Waals surface area contributed by atoms with Crippen molar-refractivity contribution in [2.24, 2.45) is 0 Å². The number of nitrogens with zero attached hydrogens (tertiary/aromatic N) is 1. The molecule has 0 unspecified atom stereocenters. The average Bonchev–Trinajstić information content (AvgIpc) is 2.00. The van der Waals surface area contributed by atoms with Crippen LogP contribution in [0.1, 0.15) is 13.3 Å². The number of rotatable bonds is 5. The standard InChI is InChI=1S/C10H17N/c1-5-7-8-10(3)11(4)9-6-2/h5,7-8H,1,3,6,9H2,2,4H3/b8-7-. The molecule has 0 saturated carbocycles. The van der Waals surface area contributed by atoms with Gasteiger partial charge in [-0.25, -0.2) is 0 Å². The van der Waals surface area contributed by atoms with Crippen LogP contribution in [-0.2, 0) is 0 Å². The second kappa shape index (κ2) is 5.78. The van der Waals surface area contributed by atoms with Crippen molar-refractivity contribution in [2.75, 3.05) is 13.6 Å². The maximum atomic E-state index is 3.90. The van der Waals surface area contributed by atoms with Crippen molar-refractivity contribution >= 4 is 0 Å². The van der Waals surface area contributed by atoms with Gasteiger partial charge in [0.25, 0.3) is 0 Å². The van der Waals surface area contributed by atoms with Crippen molar-refractivity contribution in [1.29, 1.82) is 0 Å². The van der Waals surface area contributed by atoms with E-state index in [4.69, 9.17) is 0 Å². The molecule has 1 nitrogen and oxygen atoms in total. The van der Waals surface area contributed by atoms with Gasteiger partial charge in [-0.2, -0.15) is 0 Å². The van der Waals surface area contributed by atoms with Gasteiger partial charge in [0, 0.05) is 19.3 Å². The predicted octanol–water partition coefficient (Wildman–Crippen LogP) is 2.58. The maximum Gasteiger partial charge on any atom is 0.0290 e. The SMILES string of the molecule is C=C/C=C\C(=C)N(C)CCC. The molecule has 1 heteroatoms. The summed E-state index contributed by atoms with van der Waals surface area (Å²) in [6, 6.07) is 0. The third-order valence-corrected chi connectivity index (χ3v) is 1.47. The molecule has 0 rings (SSSR count). The van der Waals surface area contributed by atoms with Gasteiger partial charge in [0.15, 0.2) is 0 Å². The summed E-state index contributed by atoms with van der Waals surface area (Å²) in [5.74, 6) is 0. The summed E-state index contributed by atoms with van der Waals surface area (Å²) < 4.78 is 0. The number of allylic oxidation sites excluding steroid dienone is 3. The van der Waals surface area contributed by atoms with Gasteiger partial charge in [-0.15, -0.1) is 0 Å². The van der Waals surface area contributed by atoms with Crippen molar-refractivity contribution in [3.05, 3.63) is 37.1 Å². The van der Waals surface area contributed by atoms with Crippen molar-refractivity contribution < 1.29 is 0 Å². The van der Waals surface area contributed by atoms with Crippen molar-refractivity contribution in [3.63, 3.8) is 0 Å². The Balaban J connectivity index is 3.81. The summed E-state index contributed by atoms with van der Waals surface area (Å²) in [5.41, 5.74) is 1.03. The lowest BCUT2D eigenvalue weighted by atomic mass is 10.3. The van der Waals surface area contributed by atoms with Crippen molar-refractivity contribution in [2.45, 2.75) is 13.3 Å². The first kappa shape index (κ1) is 10.0. The van der Waals surface area contributed by atoms with E-state index in [2.05, 4.69) is 25.0 Å². The Morgan fingerprint density at radius 3 is 2.64 bits per heavy atom. The van der Waals surface area contributed by atoms with Gasteiger partial charge in [-0.1, -0.05) is 32.2 Å². The van der Waals surface area contributed by atoms with Crippen LogP contribution >= 0.6 is 0 Å². The molecule has 0 radical (unpaired) electrons. The summed E-state index contributed by atoms with van der Waals surface area (Å²) in [5, 5.41) is 0. The van der Waals surface area contributed by atoms with E-state index in [1.54, 1.807) is 6.08 Å². The first-order valence-electron chi connectivity index (χ1n) is 3.91. The van der Waals surface area contributed by atoms with Crippen LogP contribution in [0.2, 0.25) is 0 Å². The van der Waals surface area contributed by atoms with Crippen LogP contribution in [0.15, 0.2) is 37.1 Å². The molecule has 0 aromatic heterocycles. The molecule has 0 aromatic carbocycles. The summed E-state index contributed by atoms with van der Waals surface area (Å²) in [7, 11) is 2.04. The zero-order valence-electron chi connectivity index (χ0n) is 7.51. The van der Waals surface area contributed by atoms with Gasteiger partial charge in [-0.05, 0) is 12.5 Å². The Morgan fingerprint density at radius 2 is 2.18 bits per heavy atom. The van der Waals surface area contributed by atoms with E-state index in [1.165, 1.54) is 0 Å². The van der Waals surface area contributed by atoms with Gasteiger partial charge in [-0.3, -0.25) is 0 Å². The van der Waals surface area contributed by atoms with Crippen LogP contribution in [0.25, 0.3) is 0 Å². The topological polar surface area (TPSA) is 3.24 Å². The van der Waals surface area contributed by atoms with E-state index in [1.807, 2.05) is 19.2 Å². The van der Waals surface area contributed by atoms with Crippen LogP contribution in [0.5, 0.6) is 0 Å². The second-order valence-corrected chi connectivity index (χ2v) is 2.51. The van der Waals surface area contributed by atoms with E-state index < -0.39 is 0 Å². The fraction of sp³-hybridized carbons (Fsp3) is 0.400. The largest absolute Gasteiger partial charge is 0.375 e. The summed E-state index contributed by atoms with van der Waals surface area (Å²) in [6.45, 7) is 10.7. The molecule has 0 amide bonds. The Morgan fingerprint density at radius 1 is 1.55 bits per heavy atom. The lowest BCUT2D eigenvalue weighted by molar-refractivity contribution is 0.431. The Labute approximate surface area is 69.7 Å². The Hall–Kier alpha value is -0.980. The summed E-state index contributed by atoms with van der Waals surface area (Å²) in [6.07, 6.45) is 6.76. The average molecular weight is 151 g/mol. The Bertz CT molecular complexity index is 156. The van der Waals surface area contributed by atoms with Crippen LogP contribution in [-0.4, -0.2) is 18.5 Å². The molecule has 0 aliphatic carbocycles. The van der Waals surface area contributed by atoms with Crippen LogP contribution in [0, 0.1) is 0 Å². The molecule has 0 N–H and O–H groups in total. The van der Waals surface area contributed by atoms with E-state index in [9.17, 15) is 0 Å². The van der Waals surface area contributed by atoms with Gasteiger partial charge >= 0.3 is 0 Å². The van der Waals surface area contributed by atoms with Crippen LogP contribution in [0.4, 0.5) is 0 Å². The second-order valence-electron chi connectivity index (χ2n) is 2.51. The van der Waals surface area contributed by atoms with E-state index in [0.717, 1.165) is 18.7 Å². The lowest BCUT2D eigenvalue weighted by Crippen LogP contribution is -2.16. The highest BCUT2D eigenvalue weighted by molar-refractivity contribution is 5.16. The molecular formula is C10H17N. The first-order valence-corrected chi connectivity index (χ1v) is 3.91. The molecule has 0 aliphatic heterocycles. The molecule has 0 heterocycles. The first-order chi connectivity index (χ1) is 5.22. The predicted molar refractivity (Wildman–Crippen MR) is 51.4 cm³/mol. The number of hydrogen-bond donors (Lipinski definition) is 0. The maximum absolute atomic E-state index is 3.90. The normalized spacial score (nSPS) is 10.0. The van der Waals surface area contributed by atoms with Gasteiger partial charge in [0.05, 0.1) is 0 Å². The highest BCUT2D eigenvalue weighted by Gasteiger charge is 1.93. The van der Waals surface area contributed by atoms with Gasteiger partial charge in [0.2, 0.25) is 0 Å². The van der Waals surface area contributed by atoms with Crippen molar-refractivity contribution in [3.8, 4) is 0 Å². The minimum absolute atomic E-state index is 1.03. The van der Waals surface area contributed by atoms with E-state index in [-0.39, 0.29) is 0 Å². The number of likely N-dealkylation sites (N-methyl/N-ethyl adjacent to an activating group) is 1. The lowest BCUT2D eigenvalue weighted by Gasteiger charge is -2.17. The highest BCUT2D eigenvalue weighted by atomic mass is 15.1. The molecule has 11 heavy (non-hydrogen) atoms. The number of hydrogen-bond acceptors (Lipinski definition) is 1. The molecule has 0 spiro atoms. The molecule has 62 valence electrons. The minimum atomic E-state index is 1.03. The van der Waals surface area contributed by atoms with Gasteiger partial charge < -0.3 is 4.90 Å². The van der Waals surface area contributed by atoms with E-state index in [0.29, 0.717) is 0 Å².